The van der Waals surface area contributed by atoms with Crippen molar-refractivity contribution in [3.05, 3.63) is 203 Å². The monoisotopic (exact) mass is 768 g/mol. The number of rotatable bonds is 19. The van der Waals surface area contributed by atoms with Gasteiger partial charge in [-0.15, -0.1) is 0 Å². The molecule has 0 heterocycles. The highest BCUT2D eigenvalue weighted by Gasteiger charge is 2.20. The summed E-state index contributed by atoms with van der Waals surface area (Å²) in [6.45, 7) is 17.9. The lowest BCUT2D eigenvalue weighted by Crippen LogP contribution is -2.09. The first kappa shape index (κ1) is 44.9. The maximum atomic E-state index is 6.84. The van der Waals surface area contributed by atoms with E-state index in [0.717, 1.165) is 71.2 Å². The summed E-state index contributed by atoms with van der Waals surface area (Å²) < 4.78 is 0. The predicted octanol–water partition coefficient (Wildman–Crippen LogP) is 14.5. The van der Waals surface area contributed by atoms with E-state index in [4.69, 9.17) is 10.7 Å². The van der Waals surface area contributed by atoms with Crippen LogP contribution in [0.5, 0.6) is 0 Å². The minimum Gasteiger partial charge on any atom is -0.398 e. The largest absolute Gasteiger partial charge is 0.398 e. The molecule has 4 rings (SSSR count). The fourth-order valence-electron chi connectivity index (χ4n) is 7.51. The molecule has 1 aliphatic carbocycles. The summed E-state index contributed by atoms with van der Waals surface area (Å²) >= 11 is 0. The quantitative estimate of drug-likeness (QED) is 0.0737. The van der Waals surface area contributed by atoms with Crippen LogP contribution >= 0.6 is 0 Å². The lowest BCUT2D eigenvalue weighted by atomic mass is 9.79. The zero-order valence-corrected chi connectivity index (χ0v) is 36.1. The summed E-state index contributed by atoms with van der Waals surface area (Å²) in [6, 6.07) is 27.2. The molecule has 0 spiro atoms. The average molecular weight is 768 g/mol. The second-order valence-electron chi connectivity index (χ2n) is 14.7. The number of allylic oxidation sites excluding steroid dienone is 17. The van der Waals surface area contributed by atoms with Gasteiger partial charge in [-0.05, 0) is 119 Å². The Morgan fingerprint density at radius 1 is 0.914 bits per heavy atom. The van der Waals surface area contributed by atoms with Gasteiger partial charge in [0.25, 0.3) is 0 Å². The van der Waals surface area contributed by atoms with Gasteiger partial charge in [-0.25, -0.2) is 0 Å². The summed E-state index contributed by atoms with van der Waals surface area (Å²) in [5, 5.41) is 0. The molecule has 2 atom stereocenters. The van der Waals surface area contributed by atoms with E-state index in [1.54, 1.807) is 18.7 Å². The van der Waals surface area contributed by atoms with E-state index in [2.05, 4.69) is 168 Å². The fourth-order valence-corrected chi connectivity index (χ4v) is 7.51. The SMILES string of the molecule is C=C/C=C(\C=NC)c1ccc(/C(N)=C/C(=NC/C=C(\C=C/C)C(C)/C=C\CC(/C=C\CC)=C(/CC)C2=C(CC)C=CCC2C)c2cccc(-c3ccccc3)c2)cc1. The molecular weight excluding hydrogens is 703 g/mol. The van der Waals surface area contributed by atoms with Gasteiger partial charge in [0.05, 0.1) is 12.3 Å². The topological polar surface area (TPSA) is 50.7 Å². The second-order valence-corrected chi connectivity index (χ2v) is 14.7. The predicted molar refractivity (Wildman–Crippen MR) is 257 cm³/mol. The van der Waals surface area contributed by atoms with Crippen molar-refractivity contribution in [1.82, 2.24) is 0 Å². The molecule has 2 N–H and O–H groups in total. The Kier molecular flexibility index (Phi) is 18.6. The zero-order valence-electron chi connectivity index (χ0n) is 36.1. The minimum atomic E-state index is 0.219. The molecule has 3 aromatic carbocycles. The van der Waals surface area contributed by atoms with E-state index in [1.165, 1.54) is 22.3 Å². The second kappa shape index (κ2) is 24.1. The van der Waals surface area contributed by atoms with Crippen LogP contribution in [0.2, 0.25) is 0 Å². The van der Waals surface area contributed by atoms with Gasteiger partial charge >= 0.3 is 0 Å². The van der Waals surface area contributed by atoms with Gasteiger partial charge in [-0.2, -0.15) is 0 Å². The van der Waals surface area contributed by atoms with E-state index in [0.29, 0.717) is 18.2 Å². The first-order chi connectivity index (χ1) is 28.3. The molecule has 0 bridgehead atoms. The van der Waals surface area contributed by atoms with Crippen LogP contribution < -0.4 is 5.73 Å². The van der Waals surface area contributed by atoms with E-state index < -0.39 is 0 Å². The molecular formula is C55H65N3. The Morgan fingerprint density at radius 2 is 1.66 bits per heavy atom. The van der Waals surface area contributed by atoms with Gasteiger partial charge in [-0.3, -0.25) is 9.98 Å². The maximum Gasteiger partial charge on any atom is 0.0671 e. The highest BCUT2D eigenvalue weighted by atomic mass is 14.7. The molecule has 0 fully saturated rings. The van der Waals surface area contributed by atoms with Crippen molar-refractivity contribution in [1.29, 1.82) is 0 Å². The maximum absolute atomic E-state index is 6.84. The zero-order chi connectivity index (χ0) is 41.7. The summed E-state index contributed by atoms with van der Waals surface area (Å²) in [4.78, 5) is 9.41. The van der Waals surface area contributed by atoms with Gasteiger partial charge in [0.1, 0.15) is 0 Å². The third-order valence-electron chi connectivity index (χ3n) is 10.6. The van der Waals surface area contributed by atoms with Gasteiger partial charge < -0.3 is 5.73 Å². The first-order valence-corrected chi connectivity index (χ1v) is 21.1. The van der Waals surface area contributed by atoms with Crippen LogP contribution in [0.25, 0.3) is 22.4 Å². The smallest absolute Gasteiger partial charge is 0.0671 e. The summed E-state index contributed by atoms with van der Waals surface area (Å²) in [7, 11) is 1.77. The summed E-state index contributed by atoms with van der Waals surface area (Å²) in [6.07, 6.45) is 33.4. The molecule has 0 aliphatic heterocycles. The highest BCUT2D eigenvalue weighted by Crippen LogP contribution is 2.36. The third-order valence-corrected chi connectivity index (χ3v) is 10.6. The Bertz CT molecular complexity index is 2150. The van der Waals surface area contributed by atoms with Gasteiger partial charge in [-0.1, -0.05) is 181 Å². The average Bonchev–Trinajstić information content (AvgIpc) is 3.25. The molecule has 0 aromatic heterocycles. The van der Waals surface area contributed by atoms with Crippen LogP contribution in [-0.2, 0) is 0 Å². The van der Waals surface area contributed by atoms with Crippen LogP contribution in [0, 0.1) is 11.8 Å². The van der Waals surface area contributed by atoms with Crippen LogP contribution in [-0.4, -0.2) is 25.5 Å². The van der Waals surface area contributed by atoms with E-state index >= 15 is 0 Å². The molecule has 0 amide bonds. The van der Waals surface area contributed by atoms with Crippen LogP contribution in [0.4, 0.5) is 0 Å². The van der Waals surface area contributed by atoms with Gasteiger partial charge in [0.2, 0.25) is 0 Å². The molecule has 3 aromatic rings. The lowest BCUT2D eigenvalue weighted by Gasteiger charge is -2.26. The Labute approximate surface area is 350 Å². The van der Waals surface area contributed by atoms with Crippen molar-refractivity contribution in [2.75, 3.05) is 13.6 Å². The molecule has 0 saturated heterocycles. The van der Waals surface area contributed by atoms with E-state index in [1.807, 2.05) is 36.6 Å². The van der Waals surface area contributed by atoms with Crippen LogP contribution in [0.1, 0.15) is 90.3 Å². The Hall–Kier alpha value is -5.80. The molecule has 3 nitrogen and oxygen atoms in total. The van der Waals surface area contributed by atoms with Gasteiger partial charge in [0.15, 0.2) is 0 Å². The standard InChI is InChI=1S/C55H65N3/c1-9-14-25-47(52(13-5)55-42(7)24-19-28-43(55)12-4)29-18-23-41(6)44(21-10-2)36-37-58-54(50-31-20-30-49(38-50)45-26-16-15-17-27-45)39-53(56)48-34-32-46(33-35-48)51(22-11-3)40-57-8/h10-11,14-23,25-28,30-36,38-42H,3,9,12-13,24,29,37,56H2,1-2,4-8H3/b21-10-,23-18-,25-14-,44-36+,51-22+,52-47-,53-39-,57-40?,58-54?. The molecule has 0 radical (unpaired) electrons. The molecule has 3 heteroatoms. The van der Waals surface area contributed by atoms with Crippen molar-refractivity contribution in [3.63, 3.8) is 0 Å². The minimum absolute atomic E-state index is 0.219. The lowest BCUT2D eigenvalue weighted by molar-refractivity contribution is 0.670. The number of nitrogens with two attached hydrogens (primary N) is 1. The first-order valence-electron chi connectivity index (χ1n) is 21.1. The molecule has 1 aliphatic rings. The van der Waals surface area contributed by atoms with Gasteiger partial charge in [0, 0.05) is 24.5 Å². The summed E-state index contributed by atoms with van der Waals surface area (Å²) in [5.74, 6) is 0.764. The fraction of sp³-hybridized carbons (Fsp3) is 0.273. The number of benzene rings is 3. The van der Waals surface area contributed by atoms with E-state index in [9.17, 15) is 0 Å². The molecule has 2 unspecified atom stereocenters. The summed E-state index contributed by atoms with van der Waals surface area (Å²) in [5.41, 5.74) is 21.8. The molecule has 300 valence electrons. The third kappa shape index (κ3) is 12.9. The number of hydrogen-bond donors (Lipinski definition) is 1. The van der Waals surface area contributed by atoms with Crippen LogP contribution in [0.15, 0.2) is 196 Å². The highest BCUT2D eigenvalue weighted by molar-refractivity contribution is 6.13. The Morgan fingerprint density at radius 3 is 2.33 bits per heavy atom. The number of aliphatic imine (C=N–C) groups is 2. The van der Waals surface area contributed by atoms with Crippen molar-refractivity contribution >= 4 is 23.2 Å². The van der Waals surface area contributed by atoms with Crippen LogP contribution in [0.3, 0.4) is 0 Å². The number of hydrogen-bond acceptors (Lipinski definition) is 3. The van der Waals surface area contributed by atoms with Crippen molar-refractivity contribution in [2.45, 2.75) is 73.6 Å². The van der Waals surface area contributed by atoms with Crippen molar-refractivity contribution in [2.24, 2.45) is 27.6 Å². The van der Waals surface area contributed by atoms with E-state index in [-0.39, 0.29) is 5.92 Å². The van der Waals surface area contributed by atoms with Crippen molar-refractivity contribution in [3.8, 4) is 11.1 Å². The number of nitrogens with zero attached hydrogens (tertiary/aromatic N) is 2. The molecule has 0 saturated carbocycles. The molecule has 58 heavy (non-hydrogen) atoms. The Balaban J connectivity index is 1.68. The normalized spacial score (nSPS) is 17.0. The van der Waals surface area contributed by atoms with Crippen molar-refractivity contribution < 1.29 is 0 Å².